The molecular formula is C7H12O. The van der Waals surface area contributed by atoms with Gasteiger partial charge in [-0.3, -0.25) is 0 Å². The van der Waals surface area contributed by atoms with Crippen LogP contribution in [0.15, 0.2) is 24.5 Å². The van der Waals surface area contributed by atoms with Gasteiger partial charge in [0.1, 0.15) is 0 Å². The Morgan fingerprint density at radius 1 is 1.75 bits per heavy atom. The molecule has 0 radical (unpaired) electrons. The molecule has 0 rings (SSSR count). The fourth-order valence-electron chi connectivity index (χ4n) is 0.263. The van der Waals surface area contributed by atoms with E-state index in [1.54, 1.807) is 12.3 Å². The number of allylic oxidation sites excluding steroid dienone is 2. The van der Waals surface area contributed by atoms with Gasteiger partial charge in [-0.25, -0.2) is 0 Å². The molecule has 0 fully saturated rings. The molecule has 0 aliphatic heterocycles. The van der Waals surface area contributed by atoms with Gasteiger partial charge >= 0.3 is 0 Å². The largest absolute Gasteiger partial charge is 0.501 e. The van der Waals surface area contributed by atoms with E-state index < -0.39 is 0 Å². The molecule has 1 heteroatoms. The summed E-state index contributed by atoms with van der Waals surface area (Å²) < 4.78 is 4.95. The van der Waals surface area contributed by atoms with Gasteiger partial charge in [-0.2, -0.15) is 0 Å². The van der Waals surface area contributed by atoms with Crippen LogP contribution in [0.4, 0.5) is 0 Å². The van der Waals surface area contributed by atoms with Gasteiger partial charge in [0.05, 0.1) is 12.9 Å². The number of hydrogen-bond acceptors (Lipinski definition) is 1. The second-order valence-corrected chi connectivity index (χ2v) is 1.52. The molecule has 0 aromatic carbocycles. The average Bonchev–Trinajstić information content (AvgIpc) is 1.83. The molecule has 0 saturated carbocycles. The summed E-state index contributed by atoms with van der Waals surface area (Å²) in [5.41, 5.74) is 1.06. The van der Waals surface area contributed by atoms with E-state index in [1.165, 1.54) is 0 Å². The van der Waals surface area contributed by atoms with Crippen LogP contribution < -0.4 is 0 Å². The maximum Gasteiger partial charge on any atom is 0.0857 e. The third kappa shape index (κ3) is 3.47. The first kappa shape index (κ1) is 7.28. The van der Waals surface area contributed by atoms with E-state index in [0.717, 1.165) is 12.2 Å². The van der Waals surface area contributed by atoms with Gasteiger partial charge < -0.3 is 4.74 Å². The summed E-state index contributed by atoms with van der Waals surface area (Å²) in [6.07, 6.45) is 3.46. The molecule has 0 heterocycles. The fourth-order valence-corrected chi connectivity index (χ4v) is 0.263. The molecule has 0 saturated heterocycles. The van der Waals surface area contributed by atoms with Crippen molar-refractivity contribution >= 4 is 0 Å². The summed E-state index contributed by atoms with van der Waals surface area (Å²) in [6, 6.07) is 0. The highest BCUT2D eigenvalue weighted by atomic mass is 16.5. The number of ether oxygens (including phenoxy) is 1. The summed E-state index contributed by atoms with van der Waals surface area (Å²) in [7, 11) is 0. The van der Waals surface area contributed by atoms with Crippen molar-refractivity contribution in [3.63, 3.8) is 0 Å². The van der Waals surface area contributed by atoms with Gasteiger partial charge in [-0.05, 0) is 19.4 Å². The number of hydrogen-bond donors (Lipinski definition) is 0. The van der Waals surface area contributed by atoms with Crippen LogP contribution in [-0.4, -0.2) is 6.61 Å². The first-order valence-electron chi connectivity index (χ1n) is 2.72. The van der Waals surface area contributed by atoms with E-state index >= 15 is 0 Å². The lowest BCUT2D eigenvalue weighted by molar-refractivity contribution is 0.267. The molecule has 46 valence electrons. The van der Waals surface area contributed by atoms with Crippen molar-refractivity contribution in [2.45, 2.75) is 13.8 Å². The Balaban J connectivity index is 3.40. The van der Waals surface area contributed by atoms with Crippen molar-refractivity contribution < 1.29 is 4.74 Å². The molecule has 0 aliphatic carbocycles. The van der Waals surface area contributed by atoms with Gasteiger partial charge in [0.25, 0.3) is 0 Å². The maximum atomic E-state index is 4.95. The van der Waals surface area contributed by atoms with E-state index in [-0.39, 0.29) is 0 Å². The average molecular weight is 112 g/mol. The zero-order valence-corrected chi connectivity index (χ0v) is 5.48. The summed E-state index contributed by atoms with van der Waals surface area (Å²) in [4.78, 5) is 0. The molecule has 1 nitrogen and oxygen atoms in total. The summed E-state index contributed by atoms with van der Waals surface area (Å²) in [5, 5.41) is 0. The predicted octanol–water partition coefficient (Wildman–Crippen LogP) is 2.11. The molecule has 8 heavy (non-hydrogen) atoms. The van der Waals surface area contributed by atoms with Crippen LogP contribution in [0.2, 0.25) is 0 Å². The van der Waals surface area contributed by atoms with Crippen LogP contribution in [0.1, 0.15) is 13.8 Å². The van der Waals surface area contributed by atoms with Gasteiger partial charge in [0, 0.05) is 0 Å². The van der Waals surface area contributed by atoms with Crippen molar-refractivity contribution in [3.8, 4) is 0 Å². The van der Waals surface area contributed by atoms with Crippen LogP contribution >= 0.6 is 0 Å². The molecule has 0 unspecified atom stereocenters. The maximum absolute atomic E-state index is 4.95. The Kier molecular flexibility index (Phi) is 4.04. The highest BCUT2D eigenvalue weighted by Gasteiger charge is 1.75. The highest BCUT2D eigenvalue weighted by Crippen LogP contribution is 1.91. The molecule has 0 bridgehead atoms. The molecule has 0 amide bonds. The Morgan fingerprint density at radius 3 is 2.75 bits per heavy atom. The summed E-state index contributed by atoms with van der Waals surface area (Å²) in [5.74, 6) is 0. The highest BCUT2D eigenvalue weighted by molar-refractivity contribution is 5.09. The van der Waals surface area contributed by atoms with Crippen molar-refractivity contribution in [1.82, 2.24) is 0 Å². The van der Waals surface area contributed by atoms with E-state index in [1.807, 2.05) is 13.8 Å². The lowest BCUT2D eigenvalue weighted by Gasteiger charge is -1.92. The fraction of sp³-hybridized carbons (Fsp3) is 0.429. The second kappa shape index (κ2) is 4.44. The van der Waals surface area contributed by atoms with Crippen molar-refractivity contribution in [3.05, 3.63) is 24.5 Å². The van der Waals surface area contributed by atoms with Crippen LogP contribution in [-0.2, 0) is 4.74 Å². The molecule has 0 aromatic rings. The lowest BCUT2D eigenvalue weighted by atomic mass is 10.3. The van der Waals surface area contributed by atoms with Gasteiger partial charge in [0.2, 0.25) is 0 Å². The lowest BCUT2D eigenvalue weighted by Crippen LogP contribution is -1.78. The molecule has 0 spiro atoms. The Hall–Kier alpha value is -0.720. The van der Waals surface area contributed by atoms with E-state index in [2.05, 4.69) is 6.58 Å². The van der Waals surface area contributed by atoms with Gasteiger partial charge in [0.15, 0.2) is 0 Å². The predicted molar refractivity (Wildman–Crippen MR) is 35.6 cm³/mol. The summed E-state index contributed by atoms with van der Waals surface area (Å²) in [6.45, 7) is 8.19. The summed E-state index contributed by atoms with van der Waals surface area (Å²) >= 11 is 0. The van der Waals surface area contributed by atoms with Crippen LogP contribution in [0.3, 0.4) is 0 Å². The van der Waals surface area contributed by atoms with Gasteiger partial charge in [-0.1, -0.05) is 12.7 Å². The minimum absolute atomic E-state index is 0.727. The molecule has 0 N–H and O–H groups in total. The van der Waals surface area contributed by atoms with Crippen molar-refractivity contribution in [2.75, 3.05) is 6.61 Å². The topological polar surface area (TPSA) is 9.23 Å². The first-order chi connectivity index (χ1) is 3.81. The van der Waals surface area contributed by atoms with Crippen molar-refractivity contribution in [2.24, 2.45) is 0 Å². The van der Waals surface area contributed by atoms with Crippen LogP contribution in [0, 0.1) is 0 Å². The SMILES string of the molecule is C=CC(C)=COCC. The third-order valence-corrected chi connectivity index (χ3v) is 0.758. The Bertz CT molecular complexity index is 92.6. The van der Waals surface area contributed by atoms with Crippen LogP contribution in [0.5, 0.6) is 0 Å². The molecule has 0 aliphatic rings. The van der Waals surface area contributed by atoms with E-state index in [9.17, 15) is 0 Å². The third-order valence-electron chi connectivity index (χ3n) is 0.758. The Morgan fingerprint density at radius 2 is 2.38 bits per heavy atom. The standard InChI is InChI=1S/C7H12O/c1-4-7(3)6-8-5-2/h4,6H,1,5H2,2-3H3. The molecular weight excluding hydrogens is 100 g/mol. The molecule has 0 atom stereocenters. The van der Waals surface area contributed by atoms with Gasteiger partial charge in [-0.15, -0.1) is 0 Å². The normalized spacial score (nSPS) is 11.0. The minimum Gasteiger partial charge on any atom is -0.501 e. The zero-order chi connectivity index (χ0) is 6.41. The Labute approximate surface area is 50.7 Å². The first-order valence-corrected chi connectivity index (χ1v) is 2.72. The smallest absolute Gasteiger partial charge is 0.0857 e. The van der Waals surface area contributed by atoms with Crippen molar-refractivity contribution in [1.29, 1.82) is 0 Å². The van der Waals surface area contributed by atoms with E-state index in [4.69, 9.17) is 4.74 Å². The zero-order valence-electron chi connectivity index (χ0n) is 5.48. The van der Waals surface area contributed by atoms with Crippen LogP contribution in [0.25, 0.3) is 0 Å². The van der Waals surface area contributed by atoms with E-state index in [0.29, 0.717) is 0 Å². The minimum atomic E-state index is 0.727. The monoisotopic (exact) mass is 112 g/mol. The quantitative estimate of drug-likeness (QED) is 0.401. The molecule has 0 aromatic heterocycles. The number of rotatable bonds is 3. The second-order valence-electron chi connectivity index (χ2n) is 1.52.